The van der Waals surface area contributed by atoms with Crippen LogP contribution in [0.3, 0.4) is 0 Å². The number of fused-ring (bicyclic) bond motifs is 2. The monoisotopic (exact) mass is 1080 g/mol. The van der Waals surface area contributed by atoms with Crippen LogP contribution in [-0.2, 0) is 43.2 Å². The minimum atomic E-state index is -2.11. The topological polar surface area (TPSA) is 253 Å². The van der Waals surface area contributed by atoms with Crippen LogP contribution in [0.25, 0.3) is 0 Å². The van der Waals surface area contributed by atoms with Gasteiger partial charge in [-0.3, -0.25) is 38.5 Å². The molecule has 0 unspecified atom stereocenters. The van der Waals surface area contributed by atoms with Gasteiger partial charge in [-0.05, 0) is 128 Å². The second-order valence-electron chi connectivity index (χ2n) is 23.5. The highest BCUT2D eigenvalue weighted by Gasteiger charge is 2.48. The normalized spacial score (nSPS) is 21.6. The predicted molar refractivity (Wildman–Crippen MR) is 299 cm³/mol. The summed E-state index contributed by atoms with van der Waals surface area (Å²) >= 11 is 0. The minimum absolute atomic E-state index is 0.0116. The molecule has 18 nitrogen and oxygen atoms in total. The Labute approximate surface area is 457 Å². The van der Waals surface area contributed by atoms with Crippen molar-refractivity contribution in [3.8, 4) is 0 Å². The number of aryl methyl sites for hydroxylation is 2. The van der Waals surface area contributed by atoms with Crippen LogP contribution in [0.4, 0.5) is 10.5 Å². The van der Waals surface area contributed by atoms with E-state index < -0.39 is 79.5 Å². The number of carbonyl (C=O) groups is 8. The third kappa shape index (κ3) is 13.1. The third-order valence-electron chi connectivity index (χ3n) is 16.0. The van der Waals surface area contributed by atoms with Crippen molar-refractivity contribution in [2.75, 3.05) is 25.1 Å². The lowest BCUT2D eigenvalue weighted by Crippen LogP contribution is -2.57. The van der Waals surface area contributed by atoms with Crippen molar-refractivity contribution in [2.24, 2.45) is 11.1 Å². The molecular formula is C59H75N9O9Si. The first-order chi connectivity index (χ1) is 37.0. The second kappa shape index (κ2) is 23.7. The first-order valence-electron chi connectivity index (χ1n) is 27.2. The van der Waals surface area contributed by atoms with Gasteiger partial charge in [0.15, 0.2) is 0 Å². The van der Waals surface area contributed by atoms with Gasteiger partial charge in [-0.2, -0.15) is 0 Å². The molecule has 2 fully saturated rings. The minimum Gasteiger partial charge on any atom is -0.465 e. The Bertz CT molecular complexity index is 2930. The molecule has 19 heteroatoms. The molecular weight excluding hydrogens is 1010 g/mol. The van der Waals surface area contributed by atoms with Crippen LogP contribution in [0.1, 0.15) is 120 Å². The highest BCUT2D eigenvalue weighted by Crippen LogP contribution is 2.34. The number of hydrogen-bond donors (Lipinski definition) is 7. The lowest BCUT2D eigenvalue weighted by Gasteiger charge is -2.33. The number of nitrogens with zero attached hydrogens (tertiary/aromatic N) is 3. The van der Waals surface area contributed by atoms with Crippen LogP contribution in [0.15, 0.2) is 97.1 Å². The Balaban J connectivity index is 0.911. The number of benzene rings is 4. The van der Waals surface area contributed by atoms with Crippen molar-refractivity contribution in [3.63, 3.8) is 0 Å². The number of hydrogen-bond acceptors (Lipinski definition) is 9. The van der Waals surface area contributed by atoms with Crippen LogP contribution in [-0.4, -0.2) is 131 Å². The molecule has 2 aliphatic carbocycles. The van der Waals surface area contributed by atoms with Crippen LogP contribution in [0.2, 0.25) is 19.1 Å². The van der Waals surface area contributed by atoms with E-state index in [1.165, 1.54) is 54.3 Å². The molecule has 8 rings (SSSR count). The number of nitrogens with one attached hydrogen (secondary N) is 5. The van der Waals surface area contributed by atoms with Crippen molar-refractivity contribution >= 4 is 61.2 Å². The average molecular weight is 1080 g/mol. The Hall–Kier alpha value is -7.38. The number of likely N-dealkylation sites (tertiary alicyclic amines) is 1. The van der Waals surface area contributed by atoms with Gasteiger partial charge in [-0.15, -0.1) is 0 Å². The van der Waals surface area contributed by atoms with Gasteiger partial charge in [0.05, 0.1) is 26.2 Å². The fourth-order valence-electron chi connectivity index (χ4n) is 11.3. The zero-order chi connectivity index (χ0) is 56.2. The number of anilines is 1. The van der Waals surface area contributed by atoms with E-state index in [0.717, 1.165) is 54.6 Å². The summed E-state index contributed by atoms with van der Waals surface area (Å²) in [6, 6.07) is 23.8. The summed E-state index contributed by atoms with van der Waals surface area (Å²) in [4.78, 5) is 114. The lowest BCUT2D eigenvalue weighted by molar-refractivity contribution is -0.141. The highest BCUT2D eigenvalue weighted by molar-refractivity contribution is 6.79. The van der Waals surface area contributed by atoms with Crippen LogP contribution < -0.4 is 32.3 Å². The molecule has 8 amide bonds. The quantitative estimate of drug-likeness (QED) is 0.0696. The van der Waals surface area contributed by atoms with E-state index >= 15 is 0 Å². The summed E-state index contributed by atoms with van der Waals surface area (Å²) in [5.74, 6) is -2.91. The first kappa shape index (κ1) is 56.8. The van der Waals surface area contributed by atoms with Crippen LogP contribution >= 0.6 is 0 Å². The molecule has 0 saturated carbocycles. The van der Waals surface area contributed by atoms with Gasteiger partial charge in [-0.1, -0.05) is 94.5 Å². The van der Waals surface area contributed by atoms with Crippen molar-refractivity contribution in [3.05, 3.63) is 136 Å². The van der Waals surface area contributed by atoms with Gasteiger partial charge < -0.3 is 47.2 Å². The Morgan fingerprint density at radius 1 is 0.718 bits per heavy atom. The molecule has 2 saturated heterocycles. The van der Waals surface area contributed by atoms with Gasteiger partial charge >= 0.3 is 6.09 Å². The first-order valence-corrected chi connectivity index (χ1v) is 30.6. The van der Waals surface area contributed by atoms with E-state index in [1.54, 1.807) is 29.2 Å². The smallest absolute Gasteiger partial charge is 0.407 e. The zero-order valence-electron chi connectivity index (χ0n) is 45.8. The van der Waals surface area contributed by atoms with E-state index in [1.807, 2.05) is 57.2 Å². The van der Waals surface area contributed by atoms with E-state index in [2.05, 4.69) is 51.8 Å². The number of nitrogens with two attached hydrogens (primary N) is 1. The van der Waals surface area contributed by atoms with Crippen molar-refractivity contribution in [1.82, 2.24) is 36.0 Å². The number of amides is 8. The summed E-state index contributed by atoms with van der Waals surface area (Å²) in [6.07, 6.45) is 4.55. The molecule has 0 radical (unpaired) electrons. The van der Waals surface area contributed by atoms with E-state index in [4.69, 9.17) is 5.73 Å². The van der Waals surface area contributed by atoms with Gasteiger partial charge in [0.25, 0.3) is 11.8 Å². The molecule has 2 heterocycles. The number of rotatable bonds is 15. The molecule has 414 valence electrons. The van der Waals surface area contributed by atoms with E-state index in [-0.39, 0.29) is 60.3 Å². The lowest BCUT2D eigenvalue weighted by atomic mass is 9.86. The van der Waals surface area contributed by atoms with Crippen LogP contribution in [0, 0.1) is 5.41 Å². The maximum absolute atomic E-state index is 14.8. The van der Waals surface area contributed by atoms with Gasteiger partial charge in [0.1, 0.15) is 24.2 Å². The van der Waals surface area contributed by atoms with Crippen molar-refractivity contribution in [1.29, 1.82) is 0 Å². The highest BCUT2D eigenvalue weighted by atomic mass is 28.3. The Morgan fingerprint density at radius 2 is 1.26 bits per heavy atom. The fourth-order valence-corrected chi connectivity index (χ4v) is 14.2. The molecule has 0 spiro atoms. The summed E-state index contributed by atoms with van der Waals surface area (Å²) < 4.78 is 0. The van der Waals surface area contributed by atoms with Gasteiger partial charge in [0, 0.05) is 49.0 Å². The standard InChI is InChI=1S/C59H75N9O9Si/c1-35(66(5)58(76)77)51(69)65-47(56(74)68-34-78(6,7)33-49(68)55(73)64-46-21-13-17-38-15-9-11-19-44(38)46)30-36-22-28-41(29-23-36)61-52(70)39-24-26-40(27-25-39)53(71)62-42-31-48(67(32-42)57(75)50(60)59(2,3)4)54(72)63-45-20-12-16-37-14-8-10-18-43(37)45/h8-11,14-15,18-19,22-29,35,42,45-50H,12-13,16-17,20-21,30-34,60H2,1-7H3,(H,61,70)(H,62,71)(H,63,72)(H,64,73)(H,65,69)(H,76,77)/t35-,42-,45+,46+,47-,48-,49-,50+/m0/s1. The van der Waals surface area contributed by atoms with Gasteiger partial charge in [0.2, 0.25) is 29.5 Å². The van der Waals surface area contributed by atoms with E-state index in [0.29, 0.717) is 23.5 Å². The Kier molecular flexibility index (Phi) is 17.3. The molecule has 4 aromatic rings. The van der Waals surface area contributed by atoms with Crippen molar-refractivity contribution in [2.45, 2.75) is 147 Å². The molecule has 2 aliphatic heterocycles. The maximum atomic E-state index is 14.8. The summed E-state index contributed by atoms with van der Waals surface area (Å²) in [5.41, 5.74) is 12.0. The van der Waals surface area contributed by atoms with Crippen LogP contribution in [0.5, 0.6) is 0 Å². The summed E-state index contributed by atoms with van der Waals surface area (Å²) in [7, 11) is -0.831. The molecule has 4 aromatic carbocycles. The molecule has 8 N–H and O–H groups in total. The number of carboxylic acid groups (broad SMARTS) is 1. The maximum Gasteiger partial charge on any atom is 0.407 e. The zero-order valence-corrected chi connectivity index (χ0v) is 46.8. The molecule has 78 heavy (non-hydrogen) atoms. The van der Waals surface area contributed by atoms with Gasteiger partial charge in [-0.25, -0.2) is 4.79 Å². The summed E-state index contributed by atoms with van der Waals surface area (Å²) in [5, 5.41) is 24.8. The second-order valence-corrected chi connectivity index (χ2v) is 28.5. The molecule has 8 atom stereocenters. The largest absolute Gasteiger partial charge is 0.465 e. The molecule has 4 aliphatic rings. The fraction of sp³-hybridized carbons (Fsp3) is 0.458. The third-order valence-corrected chi connectivity index (χ3v) is 18.7. The molecule has 0 bridgehead atoms. The average Bonchev–Trinajstić information content (AvgIpc) is 4.04. The SMILES string of the molecule is C[C@@H](C(=O)N[C@@H](Cc1ccc(NC(=O)c2ccc(C(=O)N[C@H]3C[C@@H](C(=O)N[C@@H]4CCCc5ccccc54)N(C(=O)[C@@H](N)C(C)(C)C)C3)cc2)cc1)C(=O)N1C[Si](C)(C)C[C@H]1C(=O)N[C@@H]1CCCc2ccccc21)N(C)C(=O)O. The number of likely N-dealkylation sites (N-methyl/N-ethyl adjacent to an activating group) is 1. The Morgan fingerprint density at radius 3 is 1.81 bits per heavy atom. The van der Waals surface area contributed by atoms with E-state index in [9.17, 15) is 43.5 Å². The summed E-state index contributed by atoms with van der Waals surface area (Å²) in [6.45, 7) is 11.4. The number of carbonyl (C=O) groups excluding carboxylic acids is 7. The van der Waals surface area contributed by atoms with Crippen molar-refractivity contribution < 1.29 is 43.5 Å². The predicted octanol–water partition coefficient (Wildman–Crippen LogP) is 5.88. The molecule has 0 aromatic heterocycles.